The zero-order valence-electron chi connectivity index (χ0n) is 11.7. The van der Waals surface area contributed by atoms with Gasteiger partial charge < -0.3 is 5.11 Å². The van der Waals surface area contributed by atoms with E-state index in [9.17, 15) is 5.11 Å². The van der Waals surface area contributed by atoms with E-state index in [1.54, 1.807) is 24.3 Å². The number of hydrogen-bond donors (Lipinski definition) is 1. The van der Waals surface area contributed by atoms with Crippen LogP contribution in [0.5, 0.6) is 0 Å². The zero-order valence-corrected chi connectivity index (χ0v) is 11.7. The Labute approximate surface area is 123 Å². The molecule has 0 aromatic heterocycles. The molecule has 1 N–H and O–H groups in total. The predicted molar refractivity (Wildman–Crippen MR) is 82.8 cm³/mol. The lowest BCUT2D eigenvalue weighted by Gasteiger charge is -2.22. The summed E-state index contributed by atoms with van der Waals surface area (Å²) in [7, 11) is 0. The van der Waals surface area contributed by atoms with Gasteiger partial charge in [0, 0.05) is 21.7 Å². The largest absolute Gasteiger partial charge is 0.373 e. The molecule has 2 rings (SSSR count). The normalized spacial score (nSPS) is 12.5. The molecule has 0 heterocycles. The Kier molecular flexibility index (Phi) is 4.63. The van der Waals surface area contributed by atoms with Crippen LogP contribution in [0.4, 0.5) is 5.69 Å². The lowest BCUT2D eigenvalue weighted by Crippen LogP contribution is -2.22. The minimum absolute atomic E-state index is 0.394. The standard InChI is InChI=1S/C17H15N3O/c1-2-17(21,13-12-14-8-4-3-5-9-14)15-10-6-7-11-16(15)19-20-18/h3-11,21H,2H2,1H3. The van der Waals surface area contributed by atoms with E-state index in [2.05, 4.69) is 21.9 Å². The van der Waals surface area contributed by atoms with Crippen LogP contribution in [0.2, 0.25) is 0 Å². The van der Waals surface area contributed by atoms with Crippen molar-refractivity contribution in [3.05, 3.63) is 76.2 Å². The van der Waals surface area contributed by atoms with Crippen LogP contribution >= 0.6 is 0 Å². The van der Waals surface area contributed by atoms with E-state index in [-0.39, 0.29) is 0 Å². The van der Waals surface area contributed by atoms with Crippen molar-refractivity contribution in [1.82, 2.24) is 0 Å². The lowest BCUT2D eigenvalue weighted by molar-refractivity contribution is 0.0966. The fourth-order valence-electron chi connectivity index (χ4n) is 2.00. The van der Waals surface area contributed by atoms with Gasteiger partial charge in [0.05, 0.1) is 0 Å². The van der Waals surface area contributed by atoms with Gasteiger partial charge in [-0.2, -0.15) is 0 Å². The topological polar surface area (TPSA) is 69.0 Å². The molecule has 2 aromatic rings. The molecule has 0 amide bonds. The SMILES string of the molecule is CCC(O)(C#Cc1ccccc1)c1ccccc1N=[N+]=[N-]. The molecule has 104 valence electrons. The smallest absolute Gasteiger partial charge is 0.151 e. The average Bonchev–Trinajstić information content (AvgIpc) is 2.54. The molecule has 0 aliphatic rings. The summed E-state index contributed by atoms with van der Waals surface area (Å²) in [6, 6.07) is 16.4. The summed E-state index contributed by atoms with van der Waals surface area (Å²) in [5, 5.41) is 14.4. The van der Waals surface area contributed by atoms with Gasteiger partial charge in [-0.15, -0.1) is 0 Å². The van der Waals surface area contributed by atoms with Crippen molar-refractivity contribution in [3.63, 3.8) is 0 Å². The van der Waals surface area contributed by atoms with E-state index >= 15 is 0 Å². The highest BCUT2D eigenvalue weighted by Gasteiger charge is 2.26. The second-order valence-corrected chi connectivity index (χ2v) is 4.54. The van der Waals surface area contributed by atoms with Gasteiger partial charge in [0.25, 0.3) is 0 Å². The third kappa shape index (κ3) is 3.43. The molecule has 0 saturated heterocycles. The molecule has 4 nitrogen and oxygen atoms in total. The van der Waals surface area contributed by atoms with Crippen molar-refractivity contribution >= 4 is 5.69 Å². The summed E-state index contributed by atoms with van der Waals surface area (Å²) >= 11 is 0. The average molecular weight is 277 g/mol. The maximum Gasteiger partial charge on any atom is 0.151 e. The van der Waals surface area contributed by atoms with Crippen molar-refractivity contribution in [2.24, 2.45) is 5.11 Å². The van der Waals surface area contributed by atoms with Crippen molar-refractivity contribution in [1.29, 1.82) is 0 Å². The highest BCUT2D eigenvalue weighted by molar-refractivity contribution is 5.52. The van der Waals surface area contributed by atoms with Gasteiger partial charge in [-0.25, -0.2) is 0 Å². The van der Waals surface area contributed by atoms with Crippen LogP contribution in [0.25, 0.3) is 10.4 Å². The molecule has 0 aliphatic carbocycles. The molecule has 0 fully saturated rings. The number of aliphatic hydroxyl groups is 1. The summed E-state index contributed by atoms with van der Waals surface area (Å²) in [4.78, 5) is 2.80. The zero-order chi connectivity index (χ0) is 15.1. The van der Waals surface area contributed by atoms with Gasteiger partial charge in [0.15, 0.2) is 5.60 Å². The Hall–Kier alpha value is -2.73. The first-order chi connectivity index (χ1) is 10.2. The first-order valence-electron chi connectivity index (χ1n) is 6.65. The van der Waals surface area contributed by atoms with Crippen molar-refractivity contribution in [3.8, 4) is 11.8 Å². The molecule has 1 unspecified atom stereocenters. The van der Waals surface area contributed by atoms with E-state index in [1.807, 2.05) is 37.3 Å². The van der Waals surface area contributed by atoms with Gasteiger partial charge in [-0.3, -0.25) is 0 Å². The van der Waals surface area contributed by atoms with Crippen LogP contribution in [0, 0.1) is 11.8 Å². The number of azide groups is 1. The van der Waals surface area contributed by atoms with Crippen molar-refractivity contribution < 1.29 is 5.11 Å². The molecule has 1 atom stereocenters. The van der Waals surface area contributed by atoms with Gasteiger partial charge in [0.1, 0.15) is 0 Å². The first kappa shape index (κ1) is 14.7. The Morgan fingerprint density at radius 2 is 1.81 bits per heavy atom. The molecular formula is C17H15N3O. The van der Waals surface area contributed by atoms with Crippen molar-refractivity contribution in [2.45, 2.75) is 18.9 Å². The third-order valence-electron chi connectivity index (χ3n) is 3.20. The molecule has 0 radical (unpaired) electrons. The first-order valence-corrected chi connectivity index (χ1v) is 6.65. The Bertz CT molecular complexity index is 724. The predicted octanol–water partition coefficient (Wildman–Crippen LogP) is 4.28. The van der Waals surface area contributed by atoms with E-state index in [4.69, 9.17) is 5.53 Å². The monoisotopic (exact) mass is 277 g/mol. The summed E-state index contributed by atoms with van der Waals surface area (Å²) in [5.41, 5.74) is 9.03. The van der Waals surface area contributed by atoms with Crippen LogP contribution < -0.4 is 0 Å². The molecule has 0 aliphatic heterocycles. The van der Waals surface area contributed by atoms with Crippen LogP contribution in [-0.4, -0.2) is 5.11 Å². The number of rotatable bonds is 3. The van der Waals surface area contributed by atoms with Gasteiger partial charge >= 0.3 is 0 Å². The Morgan fingerprint density at radius 1 is 1.14 bits per heavy atom. The van der Waals surface area contributed by atoms with E-state index in [0.29, 0.717) is 17.7 Å². The van der Waals surface area contributed by atoms with Crippen LogP contribution in [0.15, 0.2) is 59.7 Å². The minimum Gasteiger partial charge on any atom is -0.373 e. The highest BCUT2D eigenvalue weighted by atomic mass is 16.3. The Morgan fingerprint density at radius 3 is 2.48 bits per heavy atom. The quantitative estimate of drug-likeness (QED) is 0.387. The number of benzene rings is 2. The maximum absolute atomic E-state index is 10.8. The van der Waals surface area contributed by atoms with Crippen LogP contribution in [0.3, 0.4) is 0 Å². The molecule has 2 aromatic carbocycles. The molecule has 0 bridgehead atoms. The molecule has 0 saturated carbocycles. The highest BCUT2D eigenvalue weighted by Crippen LogP contribution is 2.32. The molecular weight excluding hydrogens is 262 g/mol. The van der Waals surface area contributed by atoms with E-state index in [1.165, 1.54) is 0 Å². The summed E-state index contributed by atoms with van der Waals surface area (Å²) in [6.07, 6.45) is 0.394. The molecule has 4 heteroatoms. The van der Waals surface area contributed by atoms with Gasteiger partial charge in [-0.05, 0) is 24.1 Å². The summed E-state index contributed by atoms with van der Waals surface area (Å²) in [6.45, 7) is 1.84. The minimum atomic E-state index is -1.35. The molecule has 21 heavy (non-hydrogen) atoms. The van der Waals surface area contributed by atoms with Gasteiger partial charge in [0.2, 0.25) is 0 Å². The van der Waals surface area contributed by atoms with Crippen LogP contribution in [0.1, 0.15) is 24.5 Å². The second-order valence-electron chi connectivity index (χ2n) is 4.54. The van der Waals surface area contributed by atoms with Gasteiger partial charge in [-0.1, -0.05) is 66.3 Å². The number of hydrogen-bond acceptors (Lipinski definition) is 2. The maximum atomic E-state index is 10.8. The fraction of sp³-hybridized carbons (Fsp3) is 0.176. The fourth-order valence-corrected chi connectivity index (χ4v) is 2.00. The lowest BCUT2D eigenvalue weighted by atomic mass is 9.90. The third-order valence-corrected chi connectivity index (χ3v) is 3.20. The summed E-state index contributed by atoms with van der Waals surface area (Å²) < 4.78 is 0. The molecule has 0 spiro atoms. The van der Waals surface area contributed by atoms with Crippen LogP contribution in [-0.2, 0) is 5.60 Å². The Balaban J connectivity index is 2.48. The second kappa shape index (κ2) is 6.62. The summed E-state index contributed by atoms with van der Waals surface area (Å²) in [5.74, 6) is 5.87. The van der Waals surface area contributed by atoms with E-state index in [0.717, 1.165) is 5.56 Å². The van der Waals surface area contributed by atoms with E-state index < -0.39 is 5.60 Å². The van der Waals surface area contributed by atoms with Crippen molar-refractivity contribution in [2.75, 3.05) is 0 Å². The number of nitrogens with zero attached hydrogens (tertiary/aromatic N) is 3.